The van der Waals surface area contributed by atoms with Crippen molar-refractivity contribution < 1.29 is 14.6 Å². The lowest BCUT2D eigenvalue weighted by Crippen LogP contribution is -2.39. The lowest BCUT2D eigenvalue weighted by atomic mass is 9.71. The fourth-order valence-corrected chi connectivity index (χ4v) is 3.55. The zero-order valence-electron chi connectivity index (χ0n) is 15.9. The average molecular weight is 385 g/mol. The molecule has 1 amide bonds. The maximum absolute atomic E-state index is 12.3. The van der Waals surface area contributed by atoms with Crippen molar-refractivity contribution in [3.05, 3.63) is 29.8 Å². The fourth-order valence-electron chi connectivity index (χ4n) is 3.55. The van der Waals surface area contributed by atoms with Crippen LogP contribution in [0, 0.1) is 5.41 Å². The van der Waals surface area contributed by atoms with Crippen LogP contribution in [0.1, 0.15) is 64.0 Å². The van der Waals surface area contributed by atoms with E-state index in [0.717, 1.165) is 37.0 Å². The van der Waals surface area contributed by atoms with Crippen molar-refractivity contribution in [2.24, 2.45) is 11.1 Å². The molecule has 1 aliphatic carbocycles. The van der Waals surface area contributed by atoms with Gasteiger partial charge in [-0.2, -0.15) is 0 Å². The summed E-state index contributed by atoms with van der Waals surface area (Å²) >= 11 is 0. The fraction of sp³-hybridized carbons (Fsp3) is 0.650. The Morgan fingerprint density at radius 2 is 2.00 bits per heavy atom. The maximum Gasteiger partial charge on any atom is 0.220 e. The number of amides is 1. The van der Waals surface area contributed by atoms with Gasteiger partial charge in [-0.3, -0.25) is 4.79 Å². The molecule has 1 aliphatic rings. The van der Waals surface area contributed by atoms with Crippen LogP contribution in [-0.2, 0) is 4.79 Å². The number of nitrogens with one attached hydrogen (secondary N) is 1. The number of carbonyl (C=O) groups excluding carboxylic acids is 1. The molecule has 0 bridgehead atoms. The van der Waals surface area contributed by atoms with Gasteiger partial charge in [-0.05, 0) is 56.3 Å². The van der Waals surface area contributed by atoms with Gasteiger partial charge in [0, 0.05) is 13.0 Å². The van der Waals surface area contributed by atoms with Crippen molar-refractivity contribution in [2.45, 2.75) is 64.6 Å². The number of halogens is 1. The molecule has 1 saturated carbocycles. The third-order valence-electron chi connectivity index (χ3n) is 4.99. The van der Waals surface area contributed by atoms with Gasteiger partial charge in [-0.25, -0.2) is 0 Å². The number of aliphatic hydroxyl groups is 1. The first-order chi connectivity index (χ1) is 11.9. The molecule has 0 heterocycles. The van der Waals surface area contributed by atoms with E-state index in [4.69, 9.17) is 10.5 Å². The average Bonchev–Trinajstić information content (AvgIpc) is 2.60. The molecular weight excluding hydrogens is 352 g/mol. The van der Waals surface area contributed by atoms with E-state index in [-0.39, 0.29) is 36.4 Å². The summed E-state index contributed by atoms with van der Waals surface area (Å²) in [6.07, 6.45) is 5.35. The van der Waals surface area contributed by atoms with E-state index >= 15 is 0 Å². The first kappa shape index (κ1) is 22.7. The van der Waals surface area contributed by atoms with E-state index in [1.165, 1.54) is 6.42 Å². The number of nitrogens with two attached hydrogens (primary N) is 1. The lowest BCUT2D eigenvalue weighted by Gasteiger charge is -2.35. The zero-order chi connectivity index (χ0) is 18.3. The van der Waals surface area contributed by atoms with Crippen molar-refractivity contribution in [3.8, 4) is 5.75 Å². The molecule has 148 valence electrons. The molecule has 0 aromatic heterocycles. The van der Waals surface area contributed by atoms with E-state index in [1.807, 2.05) is 38.1 Å². The minimum atomic E-state index is -0.750. The third kappa shape index (κ3) is 6.78. The minimum Gasteiger partial charge on any atom is -0.491 e. The molecule has 1 aromatic carbocycles. The highest BCUT2D eigenvalue weighted by Crippen LogP contribution is 2.38. The molecule has 2 rings (SSSR count). The Morgan fingerprint density at radius 1 is 1.31 bits per heavy atom. The van der Waals surface area contributed by atoms with Gasteiger partial charge < -0.3 is 20.9 Å². The minimum absolute atomic E-state index is 0. The number of ether oxygens (including phenoxy) is 1. The summed E-state index contributed by atoms with van der Waals surface area (Å²) in [4.78, 5) is 12.3. The summed E-state index contributed by atoms with van der Waals surface area (Å²) in [6, 6.07) is 7.37. The molecule has 0 aliphatic heterocycles. The molecule has 1 atom stereocenters. The Bertz CT molecular complexity index is 560. The van der Waals surface area contributed by atoms with Crippen molar-refractivity contribution in [1.29, 1.82) is 0 Å². The van der Waals surface area contributed by atoms with Crippen LogP contribution in [0.25, 0.3) is 0 Å². The monoisotopic (exact) mass is 384 g/mol. The van der Waals surface area contributed by atoms with Gasteiger partial charge in [0.2, 0.25) is 5.91 Å². The summed E-state index contributed by atoms with van der Waals surface area (Å²) in [7, 11) is 0. The molecular formula is C20H33ClN2O3. The smallest absolute Gasteiger partial charge is 0.220 e. The van der Waals surface area contributed by atoms with E-state index < -0.39 is 6.10 Å². The number of aliphatic hydroxyl groups excluding tert-OH is 1. The number of hydrogen-bond donors (Lipinski definition) is 3. The highest BCUT2D eigenvalue weighted by atomic mass is 35.5. The molecule has 1 aromatic rings. The van der Waals surface area contributed by atoms with E-state index in [0.29, 0.717) is 13.0 Å². The molecule has 6 heteroatoms. The Hall–Kier alpha value is -1.30. The molecule has 1 fully saturated rings. The van der Waals surface area contributed by atoms with Crippen LogP contribution in [-0.4, -0.2) is 30.2 Å². The summed E-state index contributed by atoms with van der Waals surface area (Å²) in [5.74, 6) is 0.697. The summed E-state index contributed by atoms with van der Waals surface area (Å²) in [5.41, 5.74) is 6.63. The zero-order valence-corrected chi connectivity index (χ0v) is 16.7. The Kier molecular flexibility index (Phi) is 9.41. The molecule has 1 unspecified atom stereocenters. The van der Waals surface area contributed by atoms with Gasteiger partial charge in [-0.1, -0.05) is 31.4 Å². The van der Waals surface area contributed by atoms with Crippen LogP contribution in [0.15, 0.2) is 24.3 Å². The highest BCUT2D eigenvalue weighted by Gasteiger charge is 2.32. The van der Waals surface area contributed by atoms with E-state index in [9.17, 15) is 9.90 Å². The first-order valence-corrected chi connectivity index (χ1v) is 9.35. The van der Waals surface area contributed by atoms with Gasteiger partial charge in [-0.15, -0.1) is 12.4 Å². The van der Waals surface area contributed by atoms with Crippen LogP contribution in [0.4, 0.5) is 0 Å². The second kappa shape index (κ2) is 10.8. The van der Waals surface area contributed by atoms with Crippen LogP contribution in [0.2, 0.25) is 0 Å². The number of carbonyl (C=O) groups is 1. The third-order valence-corrected chi connectivity index (χ3v) is 4.99. The summed E-state index contributed by atoms with van der Waals surface area (Å²) < 4.78 is 5.65. The second-order valence-electron chi connectivity index (χ2n) is 7.50. The van der Waals surface area contributed by atoms with Gasteiger partial charge in [0.25, 0.3) is 0 Å². The largest absolute Gasteiger partial charge is 0.491 e. The number of rotatable bonds is 8. The SMILES string of the molecule is CC(C)Oc1cccc(C(O)CNC(=O)CC2(CN)CCCCC2)c1.Cl. The quantitative estimate of drug-likeness (QED) is 0.641. The molecule has 4 N–H and O–H groups in total. The van der Waals surface area contributed by atoms with Crippen LogP contribution in [0.5, 0.6) is 5.75 Å². The van der Waals surface area contributed by atoms with Gasteiger partial charge >= 0.3 is 0 Å². The highest BCUT2D eigenvalue weighted by molar-refractivity contribution is 5.85. The normalized spacial score (nSPS) is 17.3. The molecule has 0 saturated heterocycles. The van der Waals surface area contributed by atoms with Crippen molar-refractivity contribution in [2.75, 3.05) is 13.1 Å². The molecule has 0 spiro atoms. The van der Waals surface area contributed by atoms with Crippen LogP contribution in [0.3, 0.4) is 0 Å². The summed E-state index contributed by atoms with van der Waals surface area (Å²) in [6.45, 7) is 4.67. The number of hydrogen-bond acceptors (Lipinski definition) is 4. The van der Waals surface area contributed by atoms with Crippen LogP contribution < -0.4 is 15.8 Å². The lowest BCUT2D eigenvalue weighted by molar-refractivity contribution is -0.124. The Morgan fingerprint density at radius 3 is 2.62 bits per heavy atom. The van der Waals surface area contributed by atoms with Gasteiger partial charge in [0.15, 0.2) is 0 Å². The first-order valence-electron chi connectivity index (χ1n) is 9.35. The predicted octanol–water partition coefficient (Wildman–Crippen LogP) is 3.34. The molecule has 5 nitrogen and oxygen atoms in total. The maximum atomic E-state index is 12.3. The number of benzene rings is 1. The predicted molar refractivity (Wildman–Crippen MR) is 107 cm³/mol. The Labute approximate surface area is 163 Å². The van der Waals surface area contributed by atoms with Crippen molar-refractivity contribution >= 4 is 18.3 Å². The standard InChI is InChI=1S/C20H32N2O3.ClH/c1-15(2)25-17-8-6-7-16(11-17)18(23)13-22-19(24)12-20(14-21)9-4-3-5-10-20;/h6-8,11,15,18,23H,3-5,9-10,12-14,21H2,1-2H3,(H,22,24);1H. The molecule has 26 heavy (non-hydrogen) atoms. The second-order valence-corrected chi connectivity index (χ2v) is 7.50. The summed E-state index contributed by atoms with van der Waals surface area (Å²) in [5, 5.41) is 13.2. The van der Waals surface area contributed by atoms with Crippen molar-refractivity contribution in [3.63, 3.8) is 0 Å². The van der Waals surface area contributed by atoms with Crippen LogP contribution >= 0.6 is 12.4 Å². The van der Waals surface area contributed by atoms with E-state index in [2.05, 4.69) is 5.32 Å². The Balaban J connectivity index is 0.00000338. The topological polar surface area (TPSA) is 84.6 Å². The van der Waals surface area contributed by atoms with Crippen molar-refractivity contribution in [1.82, 2.24) is 5.32 Å². The van der Waals surface area contributed by atoms with Gasteiger partial charge in [0.1, 0.15) is 5.75 Å². The molecule has 0 radical (unpaired) electrons. The van der Waals surface area contributed by atoms with E-state index in [1.54, 1.807) is 0 Å². The van der Waals surface area contributed by atoms with Gasteiger partial charge in [0.05, 0.1) is 12.2 Å².